The zero-order chi connectivity index (χ0) is 14.5. The summed E-state index contributed by atoms with van der Waals surface area (Å²) in [7, 11) is 0. The molecule has 4 N–H and O–H groups in total. The van der Waals surface area contributed by atoms with Crippen LogP contribution in [0.1, 0.15) is 44.2 Å². The highest BCUT2D eigenvalue weighted by Crippen LogP contribution is 2.26. The second kappa shape index (κ2) is 6.75. The maximum Gasteiger partial charge on any atom is 0.217 e. The fraction of sp³-hybridized carbons (Fsp3) is 0.562. The first-order valence-electron chi connectivity index (χ1n) is 7.49. The van der Waals surface area contributed by atoms with Crippen LogP contribution < -0.4 is 16.4 Å². The van der Waals surface area contributed by atoms with E-state index >= 15 is 0 Å². The van der Waals surface area contributed by atoms with Crippen LogP contribution in [0.5, 0.6) is 0 Å². The molecule has 1 aromatic rings. The number of amides is 1. The first-order valence-corrected chi connectivity index (χ1v) is 7.49. The Labute approximate surface area is 121 Å². The van der Waals surface area contributed by atoms with Crippen molar-refractivity contribution in [3.8, 4) is 0 Å². The van der Waals surface area contributed by atoms with Crippen LogP contribution in [0.25, 0.3) is 0 Å². The number of anilines is 1. The predicted octanol–water partition coefficient (Wildman–Crippen LogP) is 2.19. The van der Waals surface area contributed by atoms with Crippen molar-refractivity contribution in [1.29, 1.82) is 0 Å². The summed E-state index contributed by atoms with van der Waals surface area (Å²) in [5.74, 6) is 0.276. The molecule has 0 saturated carbocycles. The van der Waals surface area contributed by atoms with Gasteiger partial charge in [-0.25, -0.2) is 0 Å². The van der Waals surface area contributed by atoms with Gasteiger partial charge >= 0.3 is 0 Å². The van der Waals surface area contributed by atoms with E-state index < -0.39 is 0 Å². The molecule has 1 aliphatic heterocycles. The van der Waals surface area contributed by atoms with Gasteiger partial charge in [0.15, 0.2) is 0 Å². The summed E-state index contributed by atoms with van der Waals surface area (Å²) < 4.78 is 0. The molecule has 0 radical (unpaired) electrons. The number of piperidine rings is 1. The lowest BCUT2D eigenvalue weighted by Gasteiger charge is -2.33. The number of carbonyl (C=O) groups is 1. The summed E-state index contributed by atoms with van der Waals surface area (Å²) >= 11 is 0. The molecular weight excluding hydrogens is 250 g/mol. The van der Waals surface area contributed by atoms with Gasteiger partial charge in [0.05, 0.1) is 0 Å². The van der Waals surface area contributed by atoms with Crippen molar-refractivity contribution in [2.45, 2.75) is 38.6 Å². The lowest BCUT2D eigenvalue weighted by Crippen LogP contribution is -2.35. The molecule has 20 heavy (non-hydrogen) atoms. The number of hydrogen-bond acceptors (Lipinski definition) is 3. The Morgan fingerprint density at radius 2 is 1.90 bits per heavy atom. The summed E-state index contributed by atoms with van der Waals surface area (Å²) in [5, 5.41) is 0. The van der Waals surface area contributed by atoms with Gasteiger partial charge in [-0.1, -0.05) is 19.1 Å². The third kappa shape index (κ3) is 3.73. The first kappa shape index (κ1) is 14.9. The number of nitrogens with two attached hydrogens (primary N) is 2. The standard InChI is InChI=1S/C16H25N3O/c1-2-15(17)13-3-5-14(6-4-13)19-9-7-12(8-10-19)11-16(18)20/h3-6,12,15H,2,7-11,17H2,1H3,(H2,18,20)/t15-/m0/s1. The number of primary amides is 1. The zero-order valence-corrected chi connectivity index (χ0v) is 12.2. The Morgan fingerprint density at radius 1 is 1.30 bits per heavy atom. The van der Waals surface area contributed by atoms with E-state index in [0.29, 0.717) is 12.3 Å². The molecular formula is C16H25N3O. The van der Waals surface area contributed by atoms with E-state index in [0.717, 1.165) is 32.4 Å². The maximum atomic E-state index is 10.9. The SMILES string of the molecule is CC[C@H](N)c1ccc(N2CCC(CC(N)=O)CC2)cc1. The number of carbonyl (C=O) groups excluding carboxylic acids is 1. The van der Waals surface area contributed by atoms with E-state index in [9.17, 15) is 4.79 Å². The van der Waals surface area contributed by atoms with Gasteiger partial charge in [-0.15, -0.1) is 0 Å². The van der Waals surface area contributed by atoms with Crippen molar-refractivity contribution in [1.82, 2.24) is 0 Å². The number of nitrogens with zero attached hydrogens (tertiary/aromatic N) is 1. The minimum absolute atomic E-state index is 0.130. The van der Waals surface area contributed by atoms with E-state index in [-0.39, 0.29) is 11.9 Å². The molecule has 0 bridgehead atoms. The minimum Gasteiger partial charge on any atom is -0.372 e. The Kier molecular flexibility index (Phi) is 5.01. The van der Waals surface area contributed by atoms with Gasteiger partial charge in [-0.3, -0.25) is 4.79 Å². The zero-order valence-electron chi connectivity index (χ0n) is 12.2. The molecule has 0 aromatic heterocycles. The van der Waals surface area contributed by atoms with Crippen LogP contribution in [0, 0.1) is 5.92 Å². The van der Waals surface area contributed by atoms with Gasteiger partial charge in [0.2, 0.25) is 5.91 Å². The van der Waals surface area contributed by atoms with Gasteiger partial charge < -0.3 is 16.4 Å². The lowest BCUT2D eigenvalue weighted by atomic mass is 9.93. The largest absolute Gasteiger partial charge is 0.372 e. The summed E-state index contributed by atoms with van der Waals surface area (Å²) in [6.45, 7) is 4.09. The second-order valence-electron chi connectivity index (χ2n) is 5.71. The normalized spacial score (nSPS) is 18.0. The van der Waals surface area contributed by atoms with Gasteiger partial charge in [-0.05, 0) is 42.9 Å². The van der Waals surface area contributed by atoms with E-state index in [1.54, 1.807) is 0 Å². The summed E-state index contributed by atoms with van der Waals surface area (Å²) in [5.41, 5.74) is 13.7. The van der Waals surface area contributed by atoms with Crippen LogP contribution in [0.3, 0.4) is 0 Å². The van der Waals surface area contributed by atoms with Crippen molar-refractivity contribution < 1.29 is 4.79 Å². The average molecular weight is 275 g/mol. The molecule has 1 saturated heterocycles. The smallest absolute Gasteiger partial charge is 0.217 e. The van der Waals surface area contributed by atoms with Crippen LogP contribution in [0.4, 0.5) is 5.69 Å². The van der Waals surface area contributed by atoms with Crippen LogP contribution >= 0.6 is 0 Å². The topological polar surface area (TPSA) is 72.3 Å². The maximum absolute atomic E-state index is 10.9. The molecule has 1 heterocycles. The fourth-order valence-corrected chi connectivity index (χ4v) is 2.85. The molecule has 1 aliphatic rings. The summed E-state index contributed by atoms with van der Waals surface area (Å²) in [6.07, 6.45) is 3.56. The van der Waals surface area contributed by atoms with Crippen molar-refractivity contribution in [3.63, 3.8) is 0 Å². The quantitative estimate of drug-likeness (QED) is 0.865. The van der Waals surface area contributed by atoms with Crippen molar-refractivity contribution in [2.24, 2.45) is 17.4 Å². The molecule has 4 heteroatoms. The predicted molar refractivity (Wildman–Crippen MR) is 82.4 cm³/mol. The number of benzene rings is 1. The van der Waals surface area contributed by atoms with Crippen LogP contribution in [0.15, 0.2) is 24.3 Å². The van der Waals surface area contributed by atoms with E-state index in [1.807, 2.05) is 0 Å². The molecule has 0 unspecified atom stereocenters. The van der Waals surface area contributed by atoms with E-state index in [4.69, 9.17) is 11.5 Å². The second-order valence-corrected chi connectivity index (χ2v) is 5.71. The highest BCUT2D eigenvalue weighted by Gasteiger charge is 2.20. The summed E-state index contributed by atoms with van der Waals surface area (Å²) in [6, 6.07) is 8.68. The van der Waals surface area contributed by atoms with Crippen LogP contribution in [0.2, 0.25) is 0 Å². The van der Waals surface area contributed by atoms with Gasteiger partial charge in [0.1, 0.15) is 0 Å². The minimum atomic E-state index is -0.179. The fourth-order valence-electron chi connectivity index (χ4n) is 2.85. The van der Waals surface area contributed by atoms with E-state index in [1.165, 1.54) is 11.3 Å². The molecule has 0 spiro atoms. The molecule has 1 atom stereocenters. The highest BCUT2D eigenvalue weighted by molar-refractivity contribution is 5.74. The van der Waals surface area contributed by atoms with Crippen molar-refractivity contribution >= 4 is 11.6 Å². The molecule has 0 aliphatic carbocycles. The lowest BCUT2D eigenvalue weighted by molar-refractivity contribution is -0.119. The molecule has 110 valence electrons. The number of rotatable bonds is 5. The van der Waals surface area contributed by atoms with Crippen LogP contribution in [-0.2, 0) is 4.79 Å². The highest BCUT2D eigenvalue weighted by atomic mass is 16.1. The third-order valence-corrected chi connectivity index (χ3v) is 4.23. The Bertz CT molecular complexity index is 436. The Balaban J connectivity index is 1.92. The third-order valence-electron chi connectivity index (χ3n) is 4.23. The summed E-state index contributed by atoms with van der Waals surface area (Å²) in [4.78, 5) is 13.3. The average Bonchev–Trinajstić information content (AvgIpc) is 2.47. The van der Waals surface area contributed by atoms with Crippen LogP contribution in [-0.4, -0.2) is 19.0 Å². The molecule has 1 amide bonds. The van der Waals surface area contributed by atoms with Gasteiger partial charge in [0, 0.05) is 31.2 Å². The van der Waals surface area contributed by atoms with Crippen molar-refractivity contribution in [2.75, 3.05) is 18.0 Å². The number of hydrogen-bond donors (Lipinski definition) is 2. The molecule has 1 fully saturated rings. The molecule has 1 aromatic carbocycles. The monoisotopic (exact) mass is 275 g/mol. The molecule has 4 nitrogen and oxygen atoms in total. The van der Waals surface area contributed by atoms with Gasteiger partial charge in [-0.2, -0.15) is 0 Å². The van der Waals surface area contributed by atoms with E-state index in [2.05, 4.69) is 36.1 Å². The first-order chi connectivity index (χ1) is 9.60. The van der Waals surface area contributed by atoms with Gasteiger partial charge in [0.25, 0.3) is 0 Å². The molecule has 2 rings (SSSR count). The van der Waals surface area contributed by atoms with Crippen molar-refractivity contribution in [3.05, 3.63) is 29.8 Å². The Hall–Kier alpha value is -1.55. The Morgan fingerprint density at radius 3 is 2.40 bits per heavy atom.